The molecule has 2 N–H and O–H groups in total. The molecular formula is C16H16N4O3. The molecule has 0 radical (unpaired) electrons. The first-order valence-corrected chi connectivity index (χ1v) is 6.86. The van der Waals surface area contributed by atoms with Gasteiger partial charge in [0, 0.05) is 23.0 Å². The highest BCUT2D eigenvalue weighted by Gasteiger charge is 2.12. The zero-order chi connectivity index (χ0) is 17.1. The van der Waals surface area contributed by atoms with Crippen LogP contribution in [0.1, 0.15) is 33.6 Å². The fraction of sp³-hybridized carbons (Fsp3) is 0.250. The van der Waals surface area contributed by atoms with Gasteiger partial charge in [-0.15, -0.1) is 0 Å². The molecule has 0 fully saturated rings. The van der Waals surface area contributed by atoms with E-state index in [-0.39, 0.29) is 23.5 Å². The van der Waals surface area contributed by atoms with Crippen LogP contribution in [0.5, 0.6) is 5.75 Å². The number of rotatable bonds is 3. The van der Waals surface area contributed by atoms with E-state index in [0.717, 1.165) is 4.68 Å². The minimum absolute atomic E-state index is 0.0188. The SMILES string of the molecule is Cc1cc(C)n(/N=C/c2c(CO)cnc(C)c2O)c(=O)c1C#N. The average Bonchev–Trinajstić information content (AvgIpc) is 2.51. The molecule has 0 amide bonds. The second-order valence-electron chi connectivity index (χ2n) is 5.11. The van der Waals surface area contributed by atoms with Crippen LogP contribution in [-0.2, 0) is 6.61 Å². The number of hydrogen-bond donors (Lipinski definition) is 2. The third kappa shape index (κ3) is 2.98. The Hall–Kier alpha value is -2.98. The van der Waals surface area contributed by atoms with Crippen LogP contribution < -0.4 is 5.56 Å². The molecule has 2 aromatic rings. The summed E-state index contributed by atoms with van der Waals surface area (Å²) in [6.07, 6.45) is 2.71. The van der Waals surface area contributed by atoms with Crippen molar-refractivity contribution in [2.45, 2.75) is 27.4 Å². The molecule has 0 saturated heterocycles. The van der Waals surface area contributed by atoms with Crippen molar-refractivity contribution in [3.63, 3.8) is 0 Å². The maximum atomic E-state index is 12.3. The Bertz CT molecular complexity index is 892. The van der Waals surface area contributed by atoms with Gasteiger partial charge in [-0.3, -0.25) is 9.78 Å². The number of hydrogen-bond acceptors (Lipinski definition) is 6. The maximum Gasteiger partial charge on any atom is 0.289 e. The van der Waals surface area contributed by atoms with E-state index in [2.05, 4.69) is 10.1 Å². The topological polar surface area (TPSA) is 112 Å². The van der Waals surface area contributed by atoms with E-state index in [9.17, 15) is 15.0 Å². The van der Waals surface area contributed by atoms with Crippen LogP contribution >= 0.6 is 0 Å². The number of nitrogens with zero attached hydrogens (tertiary/aromatic N) is 4. The van der Waals surface area contributed by atoms with Crippen molar-refractivity contribution in [3.05, 3.63) is 56.3 Å². The molecule has 7 heteroatoms. The molecule has 0 saturated carbocycles. The van der Waals surface area contributed by atoms with Crippen molar-refractivity contribution in [1.29, 1.82) is 5.26 Å². The maximum absolute atomic E-state index is 12.3. The molecular weight excluding hydrogens is 296 g/mol. The number of aromatic nitrogens is 2. The molecule has 0 spiro atoms. The summed E-state index contributed by atoms with van der Waals surface area (Å²) < 4.78 is 1.09. The normalized spacial score (nSPS) is 10.9. The number of nitriles is 1. The largest absolute Gasteiger partial charge is 0.505 e. The van der Waals surface area contributed by atoms with Crippen molar-refractivity contribution in [2.75, 3.05) is 0 Å². The van der Waals surface area contributed by atoms with Gasteiger partial charge in [-0.2, -0.15) is 10.4 Å². The monoisotopic (exact) mass is 312 g/mol. The molecule has 0 aromatic carbocycles. The Morgan fingerprint density at radius 3 is 2.74 bits per heavy atom. The van der Waals surface area contributed by atoms with Gasteiger partial charge in [0.25, 0.3) is 5.56 Å². The van der Waals surface area contributed by atoms with E-state index >= 15 is 0 Å². The van der Waals surface area contributed by atoms with E-state index in [1.165, 1.54) is 12.4 Å². The van der Waals surface area contributed by atoms with Crippen LogP contribution in [-0.4, -0.2) is 26.1 Å². The molecule has 118 valence electrons. The summed E-state index contributed by atoms with van der Waals surface area (Å²) in [5.74, 6) is -0.112. The second kappa shape index (κ2) is 6.42. The number of pyridine rings is 2. The summed E-state index contributed by atoms with van der Waals surface area (Å²) in [4.78, 5) is 16.2. The van der Waals surface area contributed by atoms with E-state index < -0.39 is 5.56 Å². The van der Waals surface area contributed by atoms with Crippen LogP contribution in [0, 0.1) is 32.1 Å². The summed E-state index contributed by atoms with van der Waals surface area (Å²) in [5, 5.41) is 32.5. The Kier molecular flexibility index (Phi) is 4.57. The van der Waals surface area contributed by atoms with Crippen molar-refractivity contribution in [2.24, 2.45) is 5.10 Å². The lowest BCUT2D eigenvalue weighted by Gasteiger charge is -2.09. The molecule has 0 aliphatic carbocycles. The number of aliphatic hydroxyl groups excluding tert-OH is 1. The fourth-order valence-corrected chi connectivity index (χ4v) is 2.20. The zero-order valence-electron chi connectivity index (χ0n) is 13.0. The first kappa shape index (κ1) is 16.4. The smallest absolute Gasteiger partial charge is 0.289 e. The van der Waals surface area contributed by atoms with Gasteiger partial charge in [0.15, 0.2) is 0 Å². The molecule has 2 heterocycles. The molecule has 7 nitrogen and oxygen atoms in total. The highest BCUT2D eigenvalue weighted by Crippen LogP contribution is 2.22. The van der Waals surface area contributed by atoms with Crippen LogP contribution in [0.3, 0.4) is 0 Å². The summed E-state index contributed by atoms with van der Waals surface area (Å²) in [6.45, 7) is 4.67. The van der Waals surface area contributed by atoms with Gasteiger partial charge in [-0.1, -0.05) is 0 Å². The molecule has 0 atom stereocenters. The van der Waals surface area contributed by atoms with Gasteiger partial charge >= 0.3 is 0 Å². The van der Waals surface area contributed by atoms with Crippen molar-refractivity contribution in [1.82, 2.24) is 9.66 Å². The minimum atomic E-state index is -0.530. The summed E-state index contributed by atoms with van der Waals surface area (Å²) >= 11 is 0. The van der Waals surface area contributed by atoms with Gasteiger partial charge in [-0.05, 0) is 32.4 Å². The Balaban J connectivity index is 2.62. The number of aryl methyl sites for hydroxylation is 3. The van der Waals surface area contributed by atoms with E-state index in [4.69, 9.17) is 5.26 Å². The molecule has 0 unspecified atom stereocenters. The lowest BCUT2D eigenvalue weighted by atomic mass is 10.1. The quantitative estimate of drug-likeness (QED) is 0.825. The minimum Gasteiger partial charge on any atom is -0.505 e. The predicted octanol–water partition coefficient (Wildman–Crippen LogP) is 1.12. The molecule has 2 rings (SSSR count). The number of aliphatic hydroxyl groups is 1. The van der Waals surface area contributed by atoms with E-state index in [1.807, 2.05) is 6.07 Å². The Morgan fingerprint density at radius 2 is 2.13 bits per heavy atom. The highest BCUT2D eigenvalue weighted by atomic mass is 16.3. The Labute approximate surface area is 132 Å². The summed E-state index contributed by atoms with van der Waals surface area (Å²) in [6, 6.07) is 3.55. The van der Waals surface area contributed by atoms with Crippen LogP contribution in [0.2, 0.25) is 0 Å². The molecule has 0 aliphatic heterocycles. The molecule has 0 bridgehead atoms. The fourth-order valence-electron chi connectivity index (χ4n) is 2.20. The predicted molar refractivity (Wildman–Crippen MR) is 84.4 cm³/mol. The van der Waals surface area contributed by atoms with Crippen LogP contribution in [0.25, 0.3) is 0 Å². The Morgan fingerprint density at radius 1 is 1.43 bits per heavy atom. The first-order chi connectivity index (χ1) is 10.9. The van der Waals surface area contributed by atoms with Crippen LogP contribution in [0.4, 0.5) is 0 Å². The van der Waals surface area contributed by atoms with Gasteiger partial charge in [0.05, 0.1) is 18.5 Å². The van der Waals surface area contributed by atoms with Crippen molar-refractivity contribution < 1.29 is 10.2 Å². The van der Waals surface area contributed by atoms with Crippen molar-refractivity contribution >= 4 is 6.21 Å². The molecule has 0 aliphatic rings. The third-order valence-corrected chi connectivity index (χ3v) is 3.50. The molecule has 23 heavy (non-hydrogen) atoms. The summed E-state index contributed by atoms with van der Waals surface area (Å²) in [7, 11) is 0. The lowest BCUT2D eigenvalue weighted by Crippen LogP contribution is -2.22. The summed E-state index contributed by atoms with van der Waals surface area (Å²) in [5.41, 5.74) is 1.68. The van der Waals surface area contributed by atoms with Crippen molar-refractivity contribution in [3.8, 4) is 11.8 Å². The van der Waals surface area contributed by atoms with Gasteiger partial charge in [-0.25, -0.2) is 4.68 Å². The second-order valence-corrected chi connectivity index (χ2v) is 5.11. The number of aromatic hydroxyl groups is 1. The molecule has 2 aromatic heterocycles. The van der Waals surface area contributed by atoms with Gasteiger partial charge in [0.1, 0.15) is 17.4 Å². The van der Waals surface area contributed by atoms with Crippen LogP contribution in [0.15, 0.2) is 22.2 Å². The highest BCUT2D eigenvalue weighted by molar-refractivity contribution is 5.85. The average molecular weight is 312 g/mol. The standard InChI is InChI=1S/C16H16N4O3/c1-9-4-10(2)20(16(23)13(9)5-17)19-7-14-12(8-21)6-18-11(3)15(14)22/h4,6-7,21-22H,8H2,1-3H3/b19-7+. The third-order valence-electron chi connectivity index (χ3n) is 3.50. The van der Waals surface area contributed by atoms with Gasteiger partial charge < -0.3 is 10.2 Å². The lowest BCUT2D eigenvalue weighted by molar-refractivity contribution is 0.280. The van der Waals surface area contributed by atoms with E-state index in [0.29, 0.717) is 22.5 Å². The van der Waals surface area contributed by atoms with Gasteiger partial charge in [0.2, 0.25) is 0 Å². The zero-order valence-corrected chi connectivity index (χ0v) is 13.0. The van der Waals surface area contributed by atoms with E-state index in [1.54, 1.807) is 26.8 Å². The first-order valence-electron chi connectivity index (χ1n) is 6.86.